The van der Waals surface area contributed by atoms with Gasteiger partial charge in [0.1, 0.15) is 22.7 Å². The number of anilines is 1. The molecule has 0 radical (unpaired) electrons. The summed E-state index contributed by atoms with van der Waals surface area (Å²) in [4.78, 5) is 66.2. The second-order valence-corrected chi connectivity index (χ2v) is 17.1. The molecule has 4 aromatic heterocycles. The number of fused-ring (bicyclic) bond motifs is 2. The van der Waals surface area contributed by atoms with Crippen molar-refractivity contribution in [1.82, 2.24) is 34.0 Å². The van der Waals surface area contributed by atoms with Crippen LogP contribution in [-0.2, 0) is 30.8 Å². The van der Waals surface area contributed by atoms with Gasteiger partial charge in [0.25, 0.3) is 5.91 Å². The zero-order chi connectivity index (χ0) is 44.6. The molecule has 6 N–H and O–H groups in total. The van der Waals surface area contributed by atoms with Gasteiger partial charge in [-0.25, -0.2) is 14.8 Å². The molecule has 63 heavy (non-hydrogen) atoms. The molecule has 0 saturated carbocycles. The molecule has 8 rings (SSSR count). The predicted octanol–water partition coefficient (Wildman–Crippen LogP) is 3.33. The average molecular weight is 880 g/mol. The lowest BCUT2D eigenvalue weighted by Gasteiger charge is -2.55. The number of primary amides is 2. The van der Waals surface area contributed by atoms with E-state index in [0.717, 1.165) is 44.3 Å². The summed E-state index contributed by atoms with van der Waals surface area (Å²) in [5, 5.41) is 8.78. The monoisotopic (exact) mass is 879 g/mol. The number of methoxy groups -OCH3 is 1. The average Bonchev–Trinajstić information content (AvgIpc) is 3.99. The maximum atomic E-state index is 13.9. The van der Waals surface area contributed by atoms with Gasteiger partial charge in [-0.3, -0.25) is 24.4 Å². The van der Waals surface area contributed by atoms with E-state index < -0.39 is 17.7 Å². The molecule has 0 bridgehead atoms. The molecule has 2 aromatic carbocycles. The van der Waals surface area contributed by atoms with Gasteiger partial charge < -0.3 is 35.1 Å². The summed E-state index contributed by atoms with van der Waals surface area (Å²) in [7, 11) is 1.49. The van der Waals surface area contributed by atoms with Crippen molar-refractivity contribution in [3.8, 4) is 11.5 Å². The van der Waals surface area contributed by atoms with Crippen LogP contribution in [0.5, 0.6) is 11.5 Å². The SMILES string of the molecule is CCc1nc(C)sc1C(=O)Nc1nc2cc(C(N)=O)cc(OCCCN3CC4(COC4)C3)c2n1C/C=C/C[n+]1c2c(OC)cc(C(N)=O)cc2cn1NC(=O)c1cc(C)nn1CC. The highest BCUT2D eigenvalue weighted by molar-refractivity contribution is 7.13. The maximum Gasteiger partial charge on any atom is 0.375 e. The van der Waals surface area contributed by atoms with Gasteiger partial charge in [-0.05, 0) is 70.0 Å². The highest BCUT2D eigenvalue weighted by atomic mass is 32.1. The molecular weight excluding hydrogens is 829 g/mol. The van der Waals surface area contributed by atoms with Crippen molar-refractivity contribution in [2.45, 2.75) is 60.2 Å². The summed E-state index contributed by atoms with van der Waals surface area (Å²) >= 11 is 1.30. The number of nitrogens with one attached hydrogen (secondary N) is 2. The first-order valence-corrected chi connectivity index (χ1v) is 21.6. The van der Waals surface area contributed by atoms with Crippen LogP contribution in [0.15, 0.2) is 48.7 Å². The van der Waals surface area contributed by atoms with Crippen LogP contribution in [0.3, 0.4) is 0 Å². The van der Waals surface area contributed by atoms with Gasteiger partial charge >= 0.3 is 5.91 Å². The number of carbonyl (C=O) groups is 4. The Morgan fingerprint density at radius 1 is 0.984 bits per heavy atom. The molecule has 330 valence electrons. The minimum absolute atomic E-state index is 0.197. The number of allylic oxidation sites excluding steroid dienone is 2. The summed E-state index contributed by atoms with van der Waals surface area (Å²) < 4.78 is 22.8. The normalized spacial score (nSPS) is 14.6. The Kier molecular flexibility index (Phi) is 12.0. The third-order valence-corrected chi connectivity index (χ3v) is 12.3. The van der Waals surface area contributed by atoms with E-state index in [1.54, 1.807) is 45.9 Å². The van der Waals surface area contributed by atoms with E-state index in [2.05, 4.69) is 25.7 Å². The second-order valence-electron chi connectivity index (χ2n) is 15.9. The molecule has 2 saturated heterocycles. The number of hydrogen-bond donors (Lipinski definition) is 4. The van der Waals surface area contributed by atoms with Crippen LogP contribution in [-0.4, -0.2) is 104 Å². The van der Waals surface area contributed by atoms with E-state index in [9.17, 15) is 19.2 Å². The summed E-state index contributed by atoms with van der Waals surface area (Å²) in [5.74, 6) is -1.05. The van der Waals surface area contributed by atoms with Crippen LogP contribution in [0, 0.1) is 19.3 Å². The van der Waals surface area contributed by atoms with Crippen molar-refractivity contribution in [2.24, 2.45) is 16.9 Å². The first-order chi connectivity index (χ1) is 30.3. The first-order valence-electron chi connectivity index (χ1n) is 20.8. The zero-order valence-corrected chi connectivity index (χ0v) is 36.7. The van der Waals surface area contributed by atoms with Crippen LogP contribution in [0.2, 0.25) is 0 Å². The number of aryl methyl sites for hydroxylation is 4. The minimum atomic E-state index is -0.643. The second kappa shape index (κ2) is 17.6. The predicted molar refractivity (Wildman–Crippen MR) is 235 cm³/mol. The van der Waals surface area contributed by atoms with Crippen molar-refractivity contribution in [3.05, 3.63) is 86.8 Å². The topological polar surface area (TPSA) is 233 Å². The van der Waals surface area contributed by atoms with Crippen molar-refractivity contribution in [3.63, 3.8) is 0 Å². The van der Waals surface area contributed by atoms with Gasteiger partial charge in [0.05, 0.1) is 60.4 Å². The van der Waals surface area contributed by atoms with Crippen molar-refractivity contribution in [1.29, 1.82) is 0 Å². The highest BCUT2D eigenvalue weighted by Crippen LogP contribution is 2.37. The Morgan fingerprint density at radius 3 is 2.41 bits per heavy atom. The molecule has 2 aliphatic rings. The number of likely N-dealkylation sites (tertiary alicyclic amines) is 1. The molecule has 6 aromatic rings. The summed E-state index contributed by atoms with van der Waals surface area (Å²) in [6.45, 7) is 13.3. The number of nitrogens with zero attached hydrogens (tertiary/aromatic N) is 8. The molecule has 19 nitrogen and oxygen atoms in total. The van der Waals surface area contributed by atoms with Gasteiger partial charge in [0, 0.05) is 49.3 Å². The summed E-state index contributed by atoms with van der Waals surface area (Å²) in [6, 6.07) is 8.10. The number of ether oxygens (including phenoxy) is 3. The fourth-order valence-electron chi connectivity index (χ4n) is 8.27. The van der Waals surface area contributed by atoms with Gasteiger partial charge in [-0.15, -0.1) is 21.4 Å². The number of hydrogen-bond acceptors (Lipinski definition) is 12. The molecule has 4 amide bonds. The highest BCUT2D eigenvalue weighted by Gasteiger charge is 2.48. The fraction of sp³-hybridized carbons (Fsp3) is 0.395. The molecule has 0 unspecified atom stereocenters. The number of aromatic nitrogens is 7. The molecule has 6 heterocycles. The quantitative estimate of drug-likeness (QED) is 0.0556. The van der Waals surface area contributed by atoms with Crippen molar-refractivity contribution < 1.29 is 38.1 Å². The third kappa shape index (κ3) is 8.60. The van der Waals surface area contributed by atoms with Gasteiger partial charge in [0.2, 0.25) is 17.8 Å². The summed E-state index contributed by atoms with van der Waals surface area (Å²) in [5.41, 5.74) is 18.5. The van der Waals surface area contributed by atoms with Crippen LogP contribution < -0.4 is 36.4 Å². The number of nitrogens with two attached hydrogens (primary N) is 2. The van der Waals surface area contributed by atoms with E-state index in [0.29, 0.717) is 80.4 Å². The van der Waals surface area contributed by atoms with Crippen LogP contribution in [0.1, 0.15) is 77.5 Å². The molecular formula is C43H51N12O7S+. The van der Waals surface area contributed by atoms with Crippen molar-refractivity contribution >= 4 is 62.9 Å². The van der Waals surface area contributed by atoms with Crippen LogP contribution in [0.4, 0.5) is 5.95 Å². The van der Waals surface area contributed by atoms with E-state index in [-0.39, 0.29) is 36.1 Å². The lowest BCUT2D eigenvalue weighted by Crippen LogP contribution is -2.65. The van der Waals surface area contributed by atoms with Gasteiger partial charge in [-0.2, -0.15) is 5.10 Å². The van der Waals surface area contributed by atoms with Crippen molar-refractivity contribution in [2.75, 3.05) is 57.3 Å². The van der Waals surface area contributed by atoms with E-state index in [1.165, 1.54) is 23.2 Å². The van der Waals surface area contributed by atoms with E-state index in [4.69, 9.17) is 30.7 Å². The maximum absolute atomic E-state index is 13.9. The fourth-order valence-corrected chi connectivity index (χ4v) is 9.18. The number of rotatable bonds is 18. The molecule has 20 heteroatoms. The zero-order valence-electron chi connectivity index (χ0n) is 35.9. The lowest BCUT2D eigenvalue weighted by molar-refractivity contribution is -0.739. The smallest absolute Gasteiger partial charge is 0.375 e. The Labute approximate surface area is 366 Å². The Hall–Kier alpha value is -6.64. The molecule has 1 spiro atoms. The molecule has 2 aliphatic heterocycles. The Morgan fingerprint density at radius 2 is 1.73 bits per heavy atom. The number of imidazole rings is 1. The Bertz CT molecular complexity index is 2790. The number of amides is 4. The number of benzene rings is 2. The molecule has 2 fully saturated rings. The first kappa shape index (κ1) is 43.0. The molecule has 0 atom stereocenters. The standard InChI is InChI=1S/C43H50N12O7S/c1-6-30-37(63-26(4)46-30)41(59)48-42-47-31-17-28(39(45)57)19-34(62-14-10-11-51-21-43(22-51)23-61-24-43)36(31)52(42)12-8-9-13-54-35-29(16-27(38(44)56)18-33(35)60-5)20-55(54)50-40(58)32-15-25(3)49-53(32)7-2/h8-9,15-20H,6-7,10-14,21-24H2,1-5H3,(H5-,44,45,47,48,50,56,57,58,59)/p+1/b9-8+. The molecule has 0 aliphatic carbocycles. The van der Waals surface area contributed by atoms with Crippen LogP contribution >= 0.6 is 11.3 Å². The number of thiazole rings is 1. The Balaban J connectivity index is 1.13. The summed E-state index contributed by atoms with van der Waals surface area (Å²) in [6.07, 6.45) is 6.77. The lowest BCUT2D eigenvalue weighted by atomic mass is 9.78. The van der Waals surface area contributed by atoms with Gasteiger partial charge in [-0.1, -0.05) is 17.8 Å². The van der Waals surface area contributed by atoms with Gasteiger partial charge in [0.15, 0.2) is 17.0 Å². The number of carbonyl (C=O) groups excluding carboxylic acids is 4. The van der Waals surface area contributed by atoms with E-state index in [1.807, 2.05) is 44.4 Å². The third-order valence-electron chi connectivity index (χ3n) is 11.2. The largest absolute Gasteiger partial charge is 0.492 e. The van der Waals surface area contributed by atoms with Crippen LogP contribution in [0.25, 0.3) is 21.9 Å². The minimum Gasteiger partial charge on any atom is -0.492 e. The van der Waals surface area contributed by atoms with E-state index >= 15 is 0 Å².